The second-order valence-corrected chi connectivity index (χ2v) is 9.34. The van der Waals surface area contributed by atoms with Gasteiger partial charge in [0.15, 0.2) is 0 Å². The van der Waals surface area contributed by atoms with Gasteiger partial charge in [-0.25, -0.2) is 0 Å². The Bertz CT molecular complexity index is 826. The number of Topliss-reactive ketones (excluding diaryl/α,β-unsaturated/α-hetero) is 1. The van der Waals surface area contributed by atoms with Crippen molar-refractivity contribution >= 4 is 36.4 Å². The normalized spacial score (nSPS) is 15.6. The van der Waals surface area contributed by atoms with Gasteiger partial charge in [-0.05, 0) is 32.5 Å². The smallest absolute Gasteiger partial charge is 0.286 e. The molecular formula is C23H33ClN4O3S. The third-order valence-corrected chi connectivity index (χ3v) is 6.48. The molecule has 0 saturated heterocycles. The van der Waals surface area contributed by atoms with Crippen LogP contribution in [0.25, 0.3) is 0 Å². The number of carbonyl (C=O) groups excluding carboxylic acids is 2. The first-order valence-corrected chi connectivity index (χ1v) is 12.0. The number of aromatic nitrogens is 2. The molecule has 2 aromatic rings. The summed E-state index contributed by atoms with van der Waals surface area (Å²) in [7, 11) is 4.00. The molecule has 32 heavy (non-hydrogen) atoms. The Labute approximate surface area is 200 Å². The van der Waals surface area contributed by atoms with Gasteiger partial charge in [-0.1, -0.05) is 67.8 Å². The van der Waals surface area contributed by atoms with E-state index >= 15 is 0 Å². The second kappa shape index (κ2) is 13.6. The molecular weight excluding hydrogens is 448 g/mol. The molecule has 0 bridgehead atoms. The molecule has 1 aliphatic rings. The topological polar surface area (TPSA) is 79.5 Å². The molecule has 0 radical (unpaired) electrons. The van der Waals surface area contributed by atoms with Crippen molar-refractivity contribution in [2.75, 3.05) is 26.4 Å². The summed E-state index contributed by atoms with van der Waals surface area (Å²) in [5, 5.41) is 8.43. The lowest BCUT2D eigenvalue weighted by atomic mass is 9.97. The molecule has 1 heterocycles. The summed E-state index contributed by atoms with van der Waals surface area (Å²) >= 11 is 1.43. The van der Waals surface area contributed by atoms with Gasteiger partial charge in [0.1, 0.15) is 6.04 Å². The van der Waals surface area contributed by atoms with Crippen molar-refractivity contribution in [3.63, 3.8) is 0 Å². The van der Waals surface area contributed by atoms with Crippen LogP contribution in [0.1, 0.15) is 54.8 Å². The van der Waals surface area contributed by atoms with E-state index in [1.807, 2.05) is 44.4 Å². The third kappa shape index (κ3) is 7.60. The Morgan fingerprint density at radius 3 is 2.47 bits per heavy atom. The van der Waals surface area contributed by atoms with Crippen LogP contribution >= 0.6 is 24.2 Å². The van der Waals surface area contributed by atoms with Crippen LogP contribution in [0.15, 0.2) is 40.0 Å². The molecule has 1 atom stereocenters. The highest BCUT2D eigenvalue weighted by Crippen LogP contribution is 2.26. The lowest BCUT2D eigenvalue weighted by molar-refractivity contribution is -0.122. The zero-order valence-corrected chi connectivity index (χ0v) is 20.4. The SMILES string of the molecule is CN(C)CCSc1nnc(C(=O)C(Cc2ccccc2)N(C=O)C2CCCCCC2)o1.Cl. The lowest BCUT2D eigenvalue weighted by Gasteiger charge is -2.33. The van der Waals surface area contributed by atoms with Crippen molar-refractivity contribution in [1.82, 2.24) is 20.0 Å². The predicted molar refractivity (Wildman–Crippen MR) is 128 cm³/mol. The van der Waals surface area contributed by atoms with Crippen molar-refractivity contribution in [3.05, 3.63) is 41.8 Å². The van der Waals surface area contributed by atoms with Crippen LogP contribution in [0.5, 0.6) is 0 Å². The first kappa shape index (κ1) is 26.4. The molecule has 7 nitrogen and oxygen atoms in total. The molecule has 0 aliphatic heterocycles. The van der Waals surface area contributed by atoms with Crippen molar-refractivity contribution in [2.24, 2.45) is 0 Å². The first-order valence-electron chi connectivity index (χ1n) is 11.0. The van der Waals surface area contributed by atoms with Gasteiger partial charge in [-0.3, -0.25) is 9.59 Å². The van der Waals surface area contributed by atoms with Crippen LogP contribution in [0, 0.1) is 0 Å². The molecule has 1 fully saturated rings. The maximum absolute atomic E-state index is 13.5. The van der Waals surface area contributed by atoms with Gasteiger partial charge in [0.2, 0.25) is 12.2 Å². The van der Waals surface area contributed by atoms with E-state index in [1.54, 1.807) is 4.90 Å². The third-order valence-electron chi connectivity index (χ3n) is 5.68. The molecule has 1 amide bonds. The van der Waals surface area contributed by atoms with Crippen molar-refractivity contribution in [1.29, 1.82) is 0 Å². The van der Waals surface area contributed by atoms with Crippen LogP contribution in [0.4, 0.5) is 0 Å². The highest BCUT2D eigenvalue weighted by atomic mass is 35.5. The Balaban J connectivity index is 0.00000363. The number of carbonyl (C=O) groups is 2. The fraction of sp³-hybridized carbons (Fsp3) is 0.565. The van der Waals surface area contributed by atoms with E-state index in [9.17, 15) is 9.59 Å². The fourth-order valence-corrected chi connectivity index (χ4v) is 4.83. The maximum Gasteiger partial charge on any atom is 0.286 e. The molecule has 1 aliphatic carbocycles. The maximum atomic E-state index is 13.5. The number of benzene rings is 1. The minimum Gasteiger partial charge on any atom is -0.408 e. The Kier molecular flexibility index (Phi) is 11.2. The van der Waals surface area contributed by atoms with E-state index in [-0.39, 0.29) is 30.1 Å². The monoisotopic (exact) mass is 480 g/mol. The van der Waals surface area contributed by atoms with Crippen LogP contribution in [0.2, 0.25) is 0 Å². The highest BCUT2D eigenvalue weighted by Gasteiger charge is 2.34. The van der Waals surface area contributed by atoms with Gasteiger partial charge >= 0.3 is 0 Å². The van der Waals surface area contributed by atoms with Crippen LogP contribution in [0.3, 0.4) is 0 Å². The summed E-state index contributed by atoms with van der Waals surface area (Å²) in [6, 6.07) is 9.20. The number of amides is 1. The number of ketones is 1. The fourth-order valence-electron chi connectivity index (χ4n) is 3.97. The largest absolute Gasteiger partial charge is 0.408 e. The van der Waals surface area contributed by atoms with Crippen molar-refractivity contribution < 1.29 is 14.0 Å². The predicted octanol–water partition coefficient (Wildman–Crippen LogP) is 4.12. The Hall–Kier alpha value is -1.90. The number of nitrogens with zero attached hydrogens (tertiary/aromatic N) is 4. The van der Waals surface area contributed by atoms with E-state index in [4.69, 9.17) is 4.42 Å². The standard InChI is InChI=1S/C23H32N4O3S.ClH/c1-26(2)14-15-31-23-25-24-22(30-23)21(29)20(16-18-10-6-5-7-11-18)27(17-28)19-12-8-3-4-9-13-19;/h5-7,10-11,17,19-20H,3-4,8-9,12-16H2,1-2H3;1H. The van der Waals surface area contributed by atoms with Gasteiger partial charge in [0, 0.05) is 24.8 Å². The van der Waals surface area contributed by atoms with E-state index < -0.39 is 6.04 Å². The van der Waals surface area contributed by atoms with Gasteiger partial charge in [0.05, 0.1) is 0 Å². The molecule has 0 spiro atoms. The number of rotatable bonds is 11. The Morgan fingerprint density at radius 2 is 1.84 bits per heavy atom. The quantitative estimate of drug-likeness (QED) is 0.207. The molecule has 176 valence electrons. The van der Waals surface area contributed by atoms with Crippen molar-refractivity contribution in [2.45, 2.75) is 62.3 Å². The summed E-state index contributed by atoms with van der Waals surface area (Å²) in [6.07, 6.45) is 7.63. The average Bonchev–Trinajstić information content (AvgIpc) is 3.08. The van der Waals surface area contributed by atoms with Gasteiger partial charge in [-0.15, -0.1) is 22.6 Å². The number of hydrogen-bond donors (Lipinski definition) is 0. The van der Waals surface area contributed by atoms with Crippen LogP contribution in [-0.2, 0) is 11.2 Å². The number of hydrogen-bond acceptors (Lipinski definition) is 7. The van der Waals surface area contributed by atoms with Crippen LogP contribution in [-0.4, -0.2) is 70.7 Å². The molecule has 1 aromatic heterocycles. The lowest BCUT2D eigenvalue weighted by Crippen LogP contribution is -2.48. The molecule has 0 N–H and O–H groups in total. The van der Waals surface area contributed by atoms with Crippen molar-refractivity contribution in [3.8, 4) is 0 Å². The Morgan fingerprint density at radius 1 is 1.16 bits per heavy atom. The summed E-state index contributed by atoms with van der Waals surface area (Å²) in [5.74, 6) is 0.486. The zero-order chi connectivity index (χ0) is 22.1. The number of halogens is 1. The number of thioether (sulfide) groups is 1. The first-order chi connectivity index (χ1) is 15.1. The molecule has 1 aromatic carbocycles. The zero-order valence-electron chi connectivity index (χ0n) is 18.8. The molecule has 1 unspecified atom stereocenters. The summed E-state index contributed by atoms with van der Waals surface area (Å²) < 4.78 is 5.68. The van der Waals surface area contributed by atoms with E-state index in [2.05, 4.69) is 15.1 Å². The minimum absolute atomic E-state index is 0. The van der Waals surface area contributed by atoms with Gasteiger partial charge in [-0.2, -0.15) is 0 Å². The molecule has 9 heteroatoms. The van der Waals surface area contributed by atoms with E-state index in [0.717, 1.165) is 50.0 Å². The summed E-state index contributed by atoms with van der Waals surface area (Å²) in [6.45, 7) is 0.869. The summed E-state index contributed by atoms with van der Waals surface area (Å²) in [5.41, 5.74) is 1.00. The van der Waals surface area contributed by atoms with Crippen LogP contribution < -0.4 is 0 Å². The minimum atomic E-state index is -0.650. The second-order valence-electron chi connectivity index (χ2n) is 8.29. The summed E-state index contributed by atoms with van der Waals surface area (Å²) in [4.78, 5) is 29.4. The molecule has 1 saturated carbocycles. The molecule has 3 rings (SSSR count). The van der Waals surface area contributed by atoms with Gasteiger partial charge < -0.3 is 14.2 Å². The average molecular weight is 481 g/mol. The van der Waals surface area contributed by atoms with E-state index in [0.29, 0.717) is 11.6 Å². The van der Waals surface area contributed by atoms with Gasteiger partial charge in [0.25, 0.3) is 11.1 Å². The van der Waals surface area contributed by atoms with E-state index in [1.165, 1.54) is 24.6 Å². The highest BCUT2D eigenvalue weighted by molar-refractivity contribution is 7.99.